The predicted octanol–water partition coefficient (Wildman–Crippen LogP) is 3.96. The number of benzene rings is 2. The minimum absolute atomic E-state index is 0.215. The second-order valence-corrected chi connectivity index (χ2v) is 5.77. The first kappa shape index (κ1) is 17.4. The monoisotopic (exact) mass is 427 g/mol. The van der Waals surface area contributed by atoms with Gasteiger partial charge >= 0.3 is 0 Å². The van der Waals surface area contributed by atoms with Gasteiger partial charge in [0, 0.05) is 11.3 Å². The van der Waals surface area contributed by atoms with Crippen molar-refractivity contribution in [1.82, 2.24) is 0 Å². The van der Waals surface area contributed by atoms with Gasteiger partial charge in [-0.3, -0.25) is 4.79 Å². The van der Waals surface area contributed by atoms with E-state index in [1.807, 2.05) is 19.1 Å². The fourth-order valence-electron chi connectivity index (χ4n) is 2.05. The van der Waals surface area contributed by atoms with Crippen molar-refractivity contribution in [3.05, 3.63) is 45.5 Å². The number of carbonyl (C=O) groups excluding carboxylic acids is 1. The average molecular weight is 427 g/mol. The van der Waals surface area contributed by atoms with Gasteiger partial charge < -0.3 is 19.5 Å². The third-order valence-corrected chi connectivity index (χ3v) is 3.92. The molecular weight excluding hydrogens is 409 g/mol. The molecule has 122 valence electrons. The van der Waals surface area contributed by atoms with Crippen molar-refractivity contribution in [2.45, 2.75) is 6.92 Å². The molecule has 0 radical (unpaired) electrons. The molecule has 1 amide bonds. The number of rotatable bonds is 6. The third-order valence-electron chi connectivity index (χ3n) is 3.12. The number of halogens is 1. The number of hydrogen-bond acceptors (Lipinski definition) is 4. The van der Waals surface area contributed by atoms with E-state index in [9.17, 15) is 4.79 Å². The number of anilines is 1. The minimum Gasteiger partial charge on any atom is -0.494 e. The lowest BCUT2D eigenvalue weighted by molar-refractivity contribution is 0.102. The second kappa shape index (κ2) is 8.05. The van der Waals surface area contributed by atoms with Crippen LogP contribution in [0.5, 0.6) is 17.2 Å². The normalized spacial score (nSPS) is 10.1. The van der Waals surface area contributed by atoms with Crippen molar-refractivity contribution in [2.75, 3.05) is 26.1 Å². The lowest BCUT2D eigenvalue weighted by Crippen LogP contribution is -2.12. The van der Waals surface area contributed by atoms with Crippen LogP contribution in [0.15, 0.2) is 36.4 Å². The summed E-state index contributed by atoms with van der Waals surface area (Å²) < 4.78 is 16.7. The SMILES string of the molecule is CCOc1ccc(NC(=O)c2cc(I)c(OC)c(OC)c2)cc1. The molecule has 0 bridgehead atoms. The van der Waals surface area contributed by atoms with Crippen LogP contribution in [-0.4, -0.2) is 26.7 Å². The Hall–Kier alpha value is -1.96. The number of hydrogen-bond donors (Lipinski definition) is 1. The molecule has 0 aliphatic heterocycles. The topological polar surface area (TPSA) is 56.8 Å². The Morgan fingerprint density at radius 2 is 1.83 bits per heavy atom. The minimum atomic E-state index is -0.215. The van der Waals surface area contributed by atoms with Crippen LogP contribution in [0.4, 0.5) is 5.69 Å². The zero-order valence-corrected chi connectivity index (χ0v) is 15.3. The van der Waals surface area contributed by atoms with Crippen molar-refractivity contribution in [3.8, 4) is 17.2 Å². The lowest BCUT2D eigenvalue weighted by Gasteiger charge is -2.12. The summed E-state index contributed by atoms with van der Waals surface area (Å²) in [6.45, 7) is 2.53. The molecule has 2 rings (SSSR count). The standard InChI is InChI=1S/C17H18INO4/c1-4-23-13-7-5-12(6-8-13)19-17(20)11-9-14(18)16(22-3)15(10-11)21-2/h5-10H,4H2,1-3H3,(H,19,20). The van der Waals surface area contributed by atoms with Crippen LogP contribution in [0.2, 0.25) is 0 Å². The molecule has 0 spiro atoms. The predicted molar refractivity (Wildman–Crippen MR) is 97.8 cm³/mol. The van der Waals surface area contributed by atoms with Gasteiger partial charge in [-0.05, 0) is 65.9 Å². The molecule has 0 fully saturated rings. The summed E-state index contributed by atoms with van der Waals surface area (Å²) in [5, 5.41) is 2.85. The highest BCUT2D eigenvalue weighted by Crippen LogP contribution is 2.33. The lowest BCUT2D eigenvalue weighted by atomic mass is 10.2. The average Bonchev–Trinajstić information content (AvgIpc) is 2.56. The first-order chi connectivity index (χ1) is 11.1. The van der Waals surface area contributed by atoms with E-state index in [4.69, 9.17) is 14.2 Å². The van der Waals surface area contributed by atoms with Gasteiger partial charge in [-0.2, -0.15) is 0 Å². The molecule has 6 heteroatoms. The Kier molecular flexibility index (Phi) is 6.09. The maximum Gasteiger partial charge on any atom is 0.255 e. The molecule has 2 aromatic rings. The van der Waals surface area contributed by atoms with Gasteiger partial charge in [0.05, 0.1) is 24.4 Å². The van der Waals surface area contributed by atoms with E-state index in [-0.39, 0.29) is 5.91 Å². The molecule has 5 nitrogen and oxygen atoms in total. The Bertz CT molecular complexity index is 686. The van der Waals surface area contributed by atoms with E-state index >= 15 is 0 Å². The van der Waals surface area contributed by atoms with Crippen LogP contribution < -0.4 is 19.5 Å². The molecule has 0 saturated heterocycles. The quantitative estimate of drug-likeness (QED) is 0.710. The highest BCUT2D eigenvalue weighted by molar-refractivity contribution is 14.1. The third kappa shape index (κ3) is 4.28. The molecular formula is C17H18INO4. The zero-order chi connectivity index (χ0) is 16.8. The van der Waals surface area contributed by atoms with Gasteiger partial charge in [-0.1, -0.05) is 0 Å². The smallest absolute Gasteiger partial charge is 0.255 e. The number of ether oxygens (including phenoxy) is 3. The van der Waals surface area contributed by atoms with Crippen molar-refractivity contribution in [3.63, 3.8) is 0 Å². The van der Waals surface area contributed by atoms with Gasteiger partial charge in [-0.15, -0.1) is 0 Å². The summed E-state index contributed by atoms with van der Waals surface area (Å²) >= 11 is 2.11. The molecule has 23 heavy (non-hydrogen) atoms. The van der Waals surface area contributed by atoms with E-state index in [2.05, 4.69) is 27.9 Å². The molecule has 0 aromatic heterocycles. The Labute approximate surface area is 149 Å². The summed E-state index contributed by atoms with van der Waals surface area (Å²) in [4.78, 5) is 12.4. The van der Waals surface area contributed by atoms with Gasteiger partial charge in [0.1, 0.15) is 5.75 Å². The summed E-state index contributed by atoms with van der Waals surface area (Å²) in [7, 11) is 3.11. The zero-order valence-electron chi connectivity index (χ0n) is 13.2. The first-order valence-corrected chi connectivity index (χ1v) is 8.12. The Morgan fingerprint density at radius 1 is 1.13 bits per heavy atom. The van der Waals surface area contributed by atoms with Crippen LogP contribution >= 0.6 is 22.6 Å². The second-order valence-electron chi connectivity index (χ2n) is 4.61. The fourth-order valence-corrected chi connectivity index (χ4v) is 2.87. The number of nitrogens with one attached hydrogen (secondary N) is 1. The maximum absolute atomic E-state index is 12.4. The van der Waals surface area contributed by atoms with E-state index in [1.165, 1.54) is 0 Å². The van der Waals surface area contributed by atoms with Crippen LogP contribution in [0.3, 0.4) is 0 Å². The van der Waals surface area contributed by atoms with Crippen molar-refractivity contribution in [2.24, 2.45) is 0 Å². The molecule has 0 aliphatic carbocycles. The number of carbonyl (C=O) groups is 1. The van der Waals surface area contributed by atoms with Crippen molar-refractivity contribution in [1.29, 1.82) is 0 Å². The Balaban J connectivity index is 2.18. The molecule has 0 saturated carbocycles. The van der Waals surface area contributed by atoms with E-state index in [0.717, 1.165) is 9.32 Å². The molecule has 0 aliphatic rings. The van der Waals surface area contributed by atoms with Crippen LogP contribution in [0, 0.1) is 3.57 Å². The summed E-state index contributed by atoms with van der Waals surface area (Å²) in [6, 6.07) is 10.6. The number of amides is 1. The van der Waals surface area contributed by atoms with Crippen molar-refractivity contribution < 1.29 is 19.0 Å². The Morgan fingerprint density at radius 3 is 2.39 bits per heavy atom. The molecule has 0 atom stereocenters. The van der Waals surface area contributed by atoms with Crippen molar-refractivity contribution >= 4 is 34.2 Å². The first-order valence-electron chi connectivity index (χ1n) is 7.04. The maximum atomic E-state index is 12.4. The molecule has 1 N–H and O–H groups in total. The van der Waals surface area contributed by atoms with Crippen LogP contribution in [-0.2, 0) is 0 Å². The van der Waals surface area contributed by atoms with Gasteiger partial charge in [-0.25, -0.2) is 0 Å². The highest BCUT2D eigenvalue weighted by Gasteiger charge is 2.15. The molecule has 2 aromatic carbocycles. The summed E-state index contributed by atoms with van der Waals surface area (Å²) in [5.74, 6) is 1.70. The van der Waals surface area contributed by atoms with E-state index < -0.39 is 0 Å². The van der Waals surface area contributed by atoms with Gasteiger partial charge in [0.15, 0.2) is 11.5 Å². The largest absolute Gasteiger partial charge is 0.494 e. The van der Waals surface area contributed by atoms with E-state index in [0.29, 0.717) is 29.4 Å². The fraction of sp³-hybridized carbons (Fsp3) is 0.235. The van der Waals surface area contributed by atoms with Gasteiger partial charge in [0.25, 0.3) is 5.91 Å². The van der Waals surface area contributed by atoms with Gasteiger partial charge in [0.2, 0.25) is 0 Å². The molecule has 0 heterocycles. The summed E-state index contributed by atoms with van der Waals surface area (Å²) in [5.41, 5.74) is 1.20. The summed E-state index contributed by atoms with van der Waals surface area (Å²) in [6.07, 6.45) is 0. The van der Waals surface area contributed by atoms with E-state index in [1.54, 1.807) is 38.5 Å². The van der Waals surface area contributed by atoms with Crippen LogP contribution in [0.25, 0.3) is 0 Å². The van der Waals surface area contributed by atoms with Crippen LogP contribution in [0.1, 0.15) is 17.3 Å². The molecule has 0 unspecified atom stereocenters. The number of methoxy groups -OCH3 is 2. The highest BCUT2D eigenvalue weighted by atomic mass is 127.